The van der Waals surface area contributed by atoms with Crippen LogP contribution in [0, 0.1) is 0 Å². The van der Waals surface area contributed by atoms with Crippen LogP contribution in [0.3, 0.4) is 0 Å². The van der Waals surface area contributed by atoms with Gasteiger partial charge < -0.3 is 19.9 Å². The van der Waals surface area contributed by atoms with Crippen LogP contribution in [0.5, 0.6) is 0 Å². The topological polar surface area (TPSA) is 107 Å². The molecule has 0 bridgehead atoms. The summed E-state index contributed by atoms with van der Waals surface area (Å²) in [5.41, 5.74) is 1.43. The molecular weight excluding hydrogens is 422 g/mol. The molecule has 0 spiro atoms. The number of rotatable bonds is 6. The van der Waals surface area contributed by atoms with E-state index in [-0.39, 0.29) is 18.0 Å². The van der Waals surface area contributed by atoms with Gasteiger partial charge in [-0.2, -0.15) is 5.10 Å². The Kier molecular flexibility index (Phi) is 6.66. The van der Waals surface area contributed by atoms with Gasteiger partial charge in [0, 0.05) is 57.7 Å². The molecule has 2 aliphatic rings. The number of hydrogen-bond donors (Lipinski definition) is 2. The van der Waals surface area contributed by atoms with Crippen molar-refractivity contribution in [3.63, 3.8) is 0 Å². The summed E-state index contributed by atoms with van der Waals surface area (Å²) in [5, 5.41) is 10.2. The molecule has 1 atom stereocenters. The van der Waals surface area contributed by atoms with Gasteiger partial charge in [-0.15, -0.1) is 0 Å². The molecule has 10 nitrogen and oxygen atoms in total. The minimum atomic E-state index is -0.567. The van der Waals surface area contributed by atoms with Gasteiger partial charge in [0.2, 0.25) is 0 Å². The van der Waals surface area contributed by atoms with E-state index < -0.39 is 5.54 Å². The number of methoxy groups -OCH3 is 1. The van der Waals surface area contributed by atoms with Gasteiger partial charge in [-0.3, -0.25) is 19.8 Å². The second kappa shape index (κ2) is 9.48. The van der Waals surface area contributed by atoms with E-state index in [1.165, 1.54) is 0 Å². The van der Waals surface area contributed by atoms with Crippen molar-refractivity contribution in [1.29, 1.82) is 0 Å². The van der Waals surface area contributed by atoms with Crippen LogP contribution in [0.4, 0.5) is 10.6 Å². The molecule has 1 fully saturated rings. The van der Waals surface area contributed by atoms with Crippen molar-refractivity contribution < 1.29 is 14.3 Å². The maximum absolute atomic E-state index is 13.6. The molecule has 4 rings (SSSR count). The number of aromatic amines is 1. The SMILES string of the molecule is COCCCN1CCN(C(=O)N2Cc3c(NC(=O)c4ccccn4)n[nH]c3C2(C)C)[C@@H](C)C1. The second-order valence-corrected chi connectivity index (χ2v) is 9.21. The van der Waals surface area contributed by atoms with Gasteiger partial charge in [-0.25, -0.2) is 4.79 Å². The quantitative estimate of drug-likeness (QED) is 0.647. The monoisotopic (exact) mass is 455 g/mol. The number of amides is 3. The van der Waals surface area contributed by atoms with E-state index in [2.05, 4.69) is 32.3 Å². The highest BCUT2D eigenvalue weighted by Crippen LogP contribution is 2.41. The third-order valence-electron chi connectivity index (χ3n) is 6.61. The summed E-state index contributed by atoms with van der Waals surface area (Å²) in [6.45, 7) is 10.6. The predicted octanol–water partition coefficient (Wildman–Crippen LogP) is 2.27. The fourth-order valence-electron chi connectivity index (χ4n) is 4.70. The maximum Gasteiger partial charge on any atom is 0.321 e. The summed E-state index contributed by atoms with van der Waals surface area (Å²) in [5.74, 6) is 0.116. The van der Waals surface area contributed by atoms with E-state index in [0.717, 1.165) is 43.9 Å². The van der Waals surface area contributed by atoms with E-state index in [1.54, 1.807) is 31.5 Å². The average molecular weight is 456 g/mol. The summed E-state index contributed by atoms with van der Waals surface area (Å²) in [4.78, 5) is 36.5. The van der Waals surface area contributed by atoms with Crippen molar-refractivity contribution in [2.45, 2.75) is 45.3 Å². The molecule has 2 aromatic rings. The molecule has 0 unspecified atom stereocenters. The highest BCUT2D eigenvalue weighted by Gasteiger charge is 2.46. The van der Waals surface area contributed by atoms with Crippen LogP contribution in [0.25, 0.3) is 0 Å². The van der Waals surface area contributed by atoms with Gasteiger partial charge in [0.1, 0.15) is 5.69 Å². The molecule has 2 aromatic heterocycles. The number of nitrogens with zero attached hydrogens (tertiary/aromatic N) is 5. The lowest BCUT2D eigenvalue weighted by molar-refractivity contribution is 0.0560. The lowest BCUT2D eigenvalue weighted by Crippen LogP contribution is -2.58. The van der Waals surface area contributed by atoms with Gasteiger partial charge in [0.15, 0.2) is 5.82 Å². The number of piperazine rings is 1. The number of anilines is 1. The highest BCUT2D eigenvalue weighted by atomic mass is 16.5. The molecule has 2 N–H and O–H groups in total. The van der Waals surface area contributed by atoms with Crippen LogP contribution in [-0.2, 0) is 16.8 Å². The number of ether oxygens (including phenoxy) is 1. The number of pyridine rings is 1. The molecule has 178 valence electrons. The van der Waals surface area contributed by atoms with E-state index >= 15 is 0 Å². The van der Waals surface area contributed by atoms with Crippen LogP contribution in [0.2, 0.25) is 0 Å². The van der Waals surface area contributed by atoms with Crippen LogP contribution in [0.15, 0.2) is 24.4 Å². The van der Waals surface area contributed by atoms with Crippen molar-refractivity contribution in [1.82, 2.24) is 29.9 Å². The Labute approximate surface area is 194 Å². The Bertz CT molecular complexity index is 991. The number of fused-ring (bicyclic) bond motifs is 1. The summed E-state index contributed by atoms with van der Waals surface area (Å²) in [6, 6.07) is 5.30. The molecule has 0 saturated carbocycles. The Morgan fingerprint density at radius 1 is 1.30 bits per heavy atom. The van der Waals surface area contributed by atoms with E-state index in [9.17, 15) is 9.59 Å². The van der Waals surface area contributed by atoms with E-state index in [1.807, 2.05) is 23.6 Å². The minimum Gasteiger partial charge on any atom is -0.385 e. The van der Waals surface area contributed by atoms with Crippen molar-refractivity contribution in [3.8, 4) is 0 Å². The van der Waals surface area contributed by atoms with E-state index in [0.29, 0.717) is 24.6 Å². The average Bonchev–Trinajstić information content (AvgIpc) is 3.32. The predicted molar refractivity (Wildman–Crippen MR) is 124 cm³/mol. The Morgan fingerprint density at radius 2 is 2.12 bits per heavy atom. The summed E-state index contributed by atoms with van der Waals surface area (Å²) in [6.07, 6.45) is 2.57. The van der Waals surface area contributed by atoms with Gasteiger partial charge in [-0.05, 0) is 39.3 Å². The van der Waals surface area contributed by atoms with Gasteiger partial charge in [-0.1, -0.05) is 6.07 Å². The number of carbonyl (C=O) groups excluding carboxylic acids is 2. The molecule has 2 aliphatic heterocycles. The number of carbonyl (C=O) groups is 2. The first-order chi connectivity index (χ1) is 15.8. The zero-order valence-corrected chi connectivity index (χ0v) is 19.8. The fourth-order valence-corrected chi connectivity index (χ4v) is 4.70. The smallest absolute Gasteiger partial charge is 0.321 e. The number of urea groups is 1. The Morgan fingerprint density at radius 3 is 2.82 bits per heavy atom. The third-order valence-corrected chi connectivity index (χ3v) is 6.61. The van der Waals surface area contributed by atoms with Gasteiger partial charge in [0.05, 0.1) is 17.8 Å². The molecule has 10 heteroatoms. The standard InChI is InChI=1S/C23H33N7O3/c1-16-14-28(10-7-13-33-4)11-12-29(16)22(32)30-15-17-19(23(30,2)3)26-27-20(17)25-21(31)18-8-5-6-9-24-18/h5-6,8-9,16H,7,10-15H2,1-4H3,(H2,25,26,27,31)/t16-/m0/s1. The minimum absolute atomic E-state index is 0.00986. The first-order valence-corrected chi connectivity index (χ1v) is 11.4. The van der Waals surface area contributed by atoms with Crippen LogP contribution >= 0.6 is 0 Å². The zero-order valence-electron chi connectivity index (χ0n) is 19.8. The van der Waals surface area contributed by atoms with Crippen molar-refractivity contribution in [2.24, 2.45) is 0 Å². The Balaban J connectivity index is 1.44. The molecule has 3 amide bonds. The number of aromatic nitrogens is 3. The van der Waals surface area contributed by atoms with Crippen LogP contribution in [0.1, 0.15) is 48.9 Å². The lowest BCUT2D eigenvalue weighted by Gasteiger charge is -2.43. The maximum atomic E-state index is 13.6. The van der Waals surface area contributed by atoms with Crippen molar-refractivity contribution in [3.05, 3.63) is 41.3 Å². The van der Waals surface area contributed by atoms with Crippen LogP contribution < -0.4 is 5.32 Å². The summed E-state index contributed by atoms with van der Waals surface area (Å²) >= 11 is 0. The molecule has 0 radical (unpaired) electrons. The Hall–Kier alpha value is -2.98. The second-order valence-electron chi connectivity index (χ2n) is 9.21. The molecule has 1 saturated heterocycles. The third kappa shape index (κ3) is 4.58. The van der Waals surface area contributed by atoms with Gasteiger partial charge >= 0.3 is 6.03 Å². The van der Waals surface area contributed by atoms with E-state index in [4.69, 9.17) is 4.74 Å². The van der Waals surface area contributed by atoms with Gasteiger partial charge in [0.25, 0.3) is 5.91 Å². The van der Waals surface area contributed by atoms with Crippen molar-refractivity contribution in [2.75, 3.05) is 45.2 Å². The molecule has 0 aromatic carbocycles. The normalized spacial score (nSPS) is 20.1. The summed E-state index contributed by atoms with van der Waals surface area (Å²) < 4.78 is 5.16. The molecular formula is C23H33N7O3. The summed E-state index contributed by atoms with van der Waals surface area (Å²) in [7, 11) is 1.72. The largest absolute Gasteiger partial charge is 0.385 e. The van der Waals surface area contributed by atoms with Crippen molar-refractivity contribution >= 4 is 17.8 Å². The highest BCUT2D eigenvalue weighted by molar-refractivity contribution is 6.02. The molecule has 33 heavy (non-hydrogen) atoms. The molecule has 4 heterocycles. The first-order valence-electron chi connectivity index (χ1n) is 11.4. The fraction of sp³-hybridized carbons (Fsp3) is 0.565. The zero-order chi connectivity index (χ0) is 23.6. The van der Waals surface area contributed by atoms with Crippen LogP contribution in [-0.4, -0.2) is 87.8 Å². The number of H-pyrrole nitrogens is 1. The molecule has 0 aliphatic carbocycles. The lowest BCUT2D eigenvalue weighted by atomic mass is 10.0. The number of hydrogen-bond acceptors (Lipinski definition) is 6. The first kappa shape index (κ1) is 23.2. The number of nitrogens with one attached hydrogen (secondary N) is 2.